The molecular formula is C15H34N2. The fraction of sp³-hybridized carbons (Fsp3) is 1.00. The van der Waals surface area contributed by atoms with Crippen molar-refractivity contribution in [2.75, 3.05) is 39.8 Å². The fourth-order valence-electron chi connectivity index (χ4n) is 2.17. The molecule has 0 fully saturated rings. The number of nitrogens with zero attached hydrogens (tertiary/aromatic N) is 2. The second-order valence-corrected chi connectivity index (χ2v) is 5.39. The molecule has 0 aliphatic heterocycles. The van der Waals surface area contributed by atoms with Gasteiger partial charge in [-0.05, 0) is 52.0 Å². The highest BCUT2D eigenvalue weighted by atomic mass is 15.1. The highest BCUT2D eigenvalue weighted by Crippen LogP contribution is 2.07. The Kier molecular flexibility index (Phi) is 11.0. The number of unbranched alkanes of at least 4 members (excludes halogenated alkanes) is 2. The van der Waals surface area contributed by atoms with Crippen molar-refractivity contribution >= 4 is 0 Å². The van der Waals surface area contributed by atoms with Crippen molar-refractivity contribution < 1.29 is 0 Å². The molecular weight excluding hydrogens is 208 g/mol. The Labute approximate surface area is 109 Å². The molecule has 0 amide bonds. The van der Waals surface area contributed by atoms with Crippen LogP contribution in [0, 0.1) is 5.92 Å². The SMILES string of the molecule is CCCCCN(CC)CCC(C)CN(C)CC. The van der Waals surface area contributed by atoms with Crippen molar-refractivity contribution in [3.8, 4) is 0 Å². The Hall–Kier alpha value is -0.0800. The van der Waals surface area contributed by atoms with Crippen LogP contribution in [0.25, 0.3) is 0 Å². The first-order chi connectivity index (χ1) is 8.13. The average Bonchev–Trinajstić information content (AvgIpc) is 2.33. The van der Waals surface area contributed by atoms with Gasteiger partial charge in [-0.3, -0.25) is 0 Å². The quantitative estimate of drug-likeness (QED) is 0.512. The summed E-state index contributed by atoms with van der Waals surface area (Å²) in [6.45, 7) is 15.4. The maximum Gasteiger partial charge on any atom is 0.000433 e. The van der Waals surface area contributed by atoms with Crippen molar-refractivity contribution in [1.29, 1.82) is 0 Å². The second-order valence-electron chi connectivity index (χ2n) is 5.39. The summed E-state index contributed by atoms with van der Waals surface area (Å²) in [6.07, 6.45) is 5.41. The van der Waals surface area contributed by atoms with Crippen LogP contribution in [-0.2, 0) is 0 Å². The molecule has 0 aliphatic rings. The van der Waals surface area contributed by atoms with Crippen molar-refractivity contribution in [2.45, 2.75) is 53.4 Å². The third kappa shape index (κ3) is 9.61. The summed E-state index contributed by atoms with van der Waals surface area (Å²) in [5.41, 5.74) is 0. The van der Waals surface area contributed by atoms with Gasteiger partial charge in [0, 0.05) is 6.54 Å². The lowest BCUT2D eigenvalue weighted by atomic mass is 10.1. The Morgan fingerprint density at radius 2 is 1.65 bits per heavy atom. The van der Waals surface area contributed by atoms with E-state index in [0.717, 1.165) is 5.92 Å². The van der Waals surface area contributed by atoms with Crippen molar-refractivity contribution in [3.63, 3.8) is 0 Å². The molecule has 0 saturated heterocycles. The molecule has 0 heterocycles. The van der Waals surface area contributed by atoms with E-state index in [-0.39, 0.29) is 0 Å². The van der Waals surface area contributed by atoms with Crippen molar-refractivity contribution in [1.82, 2.24) is 9.80 Å². The van der Waals surface area contributed by atoms with Gasteiger partial charge in [0.1, 0.15) is 0 Å². The van der Waals surface area contributed by atoms with Gasteiger partial charge in [-0.25, -0.2) is 0 Å². The van der Waals surface area contributed by atoms with Crippen LogP contribution in [0.1, 0.15) is 53.4 Å². The van der Waals surface area contributed by atoms with Crippen molar-refractivity contribution in [3.05, 3.63) is 0 Å². The van der Waals surface area contributed by atoms with E-state index in [1.807, 2.05) is 0 Å². The Bertz CT molecular complexity index is 159. The first kappa shape index (κ1) is 16.9. The van der Waals surface area contributed by atoms with Gasteiger partial charge in [-0.2, -0.15) is 0 Å². The summed E-state index contributed by atoms with van der Waals surface area (Å²) in [4.78, 5) is 5.02. The predicted octanol–water partition coefficient (Wildman–Crippen LogP) is 3.48. The predicted molar refractivity (Wildman–Crippen MR) is 78.6 cm³/mol. The molecule has 0 aliphatic carbocycles. The smallest absolute Gasteiger partial charge is 0.000433 e. The van der Waals surface area contributed by atoms with Crippen LogP contribution in [0.5, 0.6) is 0 Å². The van der Waals surface area contributed by atoms with E-state index < -0.39 is 0 Å². The Morgan fingerprint density at radius 1 is 0.941 bits per heavy atom. The van der Waals surface area contributed by atoms with E-state index in [1.165, 1.54) is 58.4 Å². The number of hydrogen-bond donors (Lipinski definition) is 0. The fourth-order valence-corrected chi connectivity index (χ4v) is 2.17. The van der Waals surface area contributed by atoms with Crippen LogP contribution in [0.2, 0.25) is 0 Å². The van der Waals surface area contributed by atoms with Gasteiger partial charge in [0.2, 0.25) is 0 Å². The molecule has 2 heteroatoms. The number of hydrogen-bond acceptors (Lipinski definition) is 2. The largest absolute Gasteiger partial charge is 0.306 e. The molecule has 17 heavy (non-hydrogen) atoms. The van der Waals surface area contributed by atoms with E-state index in [4.69, 9.17) is 0 Å². The zero-order chi connectivity index (χ0) is 13.1. The molecule has 1 unspecified atom stereocenters. The van der Waals surface area contributed by atoms with E-state index in [1.54, 1.807) is 0 Å². The molecule has 0 bridgehead atoms. The second kappa shape index (κ2) is 11.0. The van der Waals surface area contributed by atoms with E-state index in [0.29, 0.717) is 0 Å². The lowest BCUT2D eigenvalue weighted by molar-refractivity contribution is 0.234. The normalized spacial score (nSPS) is 13.6. The molecule has 0 aromatic rings. The molecule has 0 saturated carbocycles. The molecule has 104 valence electrons. The first-order valence-corrected chi connectivity index (χ1v) is 7.54. The van der Waals surface area contributed by atoms with Crippen LogP contribution in [-0.4, -0.2) is 49.6 Å². The van der Waals surface area contributed by atoms with E-state index in [2.05, 4.69) is 44.5 Å². The molecule has 0 aromatic heterocycles. The molecule has 1 atom stereocenters. The molecule has 0 spiro atoms. The Balaban J connectivity index is 3.66. The zero-order valence-electron chi connectivity index (χ0n) is 12.8. The summed E-state index contributed by atoms with van der Waals surface area (Å²) in [6, 6.07) is 0. The third-order valence-electron chi connectivity index (χ3n) is 3.63. The highest BCUT2D eigenvalue weighted by molar-refractivity contribution is 4.62. The summed E-state index contributed by atoms with van der Waals surface area (Å²) in [5, 5.41) is 0. The molecule has 0 aromatic carbocycles. The zero-order valence-corrected chi connectivity index (χ0v) is 12.8. The lowest BCUT2D eigenvalue weighted by Gasteiger charge is -2.24. The monoisotopic (exact) mass is 242 g/mol. The van der Waals surface area contributed by atoms with Crippen LogP contribution < -0.4 is 0 Å². The van der Waals surface area contributed by atoms with Gasteiger partial charge in [0.25, 0.3) is 0 Å². The van der Waals surface area contributed by atoms with Crippen LogP contribution in [0.15, 0.2) is 0 Å². The maximum atomic E-state index is 2.61. The number of rotatable bonds is 11. The average molecular weight is 242 g/mol. The first-order valence-electron chi connectivity index (χ1n) is 7.54. The standard InChI is InChI=1S/C15H34N2/c1-6-9-10-12-17(8-3)13-11-15(4)14-16(5)7-2/h15H,6-14H2,1-5H3. The highest BCUT2D eigenvalue weighted by Gasteiger charge is 2.08. The van der Waals surface area contributed by atoms with Crippen molar-refractivity contribution in [2.24, 2.45) is 5.92 Å². The van der Waals surface area contributed by atoms with Gasteiger partial charge in [-0.1, -0.05) is 40.5 Å². The van der Waals surface area contributed by atoms with Crippen LogP contribution in [0.4, 0.5) is 0 Å². The molecule has 0 radical (unpaired) electrons. The topological polar surface area (TPSA) is 6.48 Å². The minimum absolute atomic E-state index is 0.820. The summed E-state index contributed by atoms with van der Waals surface area (Å²) >= 11 is 0. The lowest BCUT2D eigenvalue weighted by Crippen LogP contribution is -2.30. The summed E-state index contributed by atoms with van der Waals surface area (Å²) in [5.74, 6) is 0.820. The third-order valence-corrected chi connectivity index (χ3v) is 3.63. The van der Waals surface area contributed by atoms with Gasteiger partial charge < -0.3 is 9.80 Å². The maximum absolute atomic E-state index is 2.61. The minimum atomic E-state index is 0.820. The van der Waals surface area contributed by atoms with Gasteiger partial charge in [-0.15, -0.1) is 0 Å². The summed E-state index contributed by atoms with van der Waals surface area (Å²) in [7, 11) is 2.22. The summed E-state index contributed by atoms with van der Waals surface area (Å²) < 4.78 is 0. The molecule has 0 rings (SSSR count). The van der Waals surface area contributed by atoms with Gasteiger partial charge in [0.15, 0.2) is 0 Å². The van der Waals surface area contributed by atoms with Crippen LogP contribution >= 0.6 is 0 Å². The Morgan fingerprint density at radius 3 is 2.18 bits per heavy atom. The van der Waals surface area contributed by atoms with Crippen LogP contribution in [0.3, 0.4) is 0 Å². The molecule has 0 N–H and O–H groups in total. The van der Waals surface area contributed by atoms with Gasteiger partial charge in [0.05, 0.1) is 0 Å². The van der Waals surface area contributed by atoms with Gasteiger partial charge >= 0.3 is 0 Å². The molecule has 2 nitrogen and oxygen atoms in total. The minimum Gasteiger partial charge on any atom is -0.306 e. The van der Waals surface area contributed by atoms with E-state index >= 15 is 0 Å². The van der Waals surface area contributed by atoms with E-state index in [9.17, 15) is 0 Å².